The van der Waals surface area contributed by atoms with E-state index in [1.807, 2.05) is 18.2 Å². The van der Waals surface area contributed by atoms with Crippen LogP contribution in [0.25, 0.3) is 6.08 Å². The predicted molar refractivity (Wildman–Crippen MR) is 65.7 cm³/mol. The third-order valence-corrected chi connectivity index (χ3v) is 2.04. The van der Waals surface area contributed by atoms with Crippen molar-refractivity contribution < 1.29 is 4.74 Å². The first kappa shape index (κ1) is 11.7. The molecule has 80 valence electrons. The monoisotopic (exact) mass is 202 g/mol. The molecule has 0 fully saturated rings. The quantitative estimate of drug-likeness (QED) is 0.505. The number of methoxy groups -OCH3 is 1. The Bertz CT molecular complexity index is 298. The van der Waals surface area contributed by atoms with Gasteiger partial charge in [-0.15, -0.1) is 0 Å². The molecule has 0 saturated carbocycles. The Hall–Kier alpha value is -1.34. The molecule has 0 aliphatic heterocycles. The lowest BCUT2D eigenvalue weighted by Crippen LogP contribution is -1.83. The van der Waals surface area contributed by atoms with Crippen LogP contribution in [0.5, 0.6) is 0 Å². The summed E-state index contributed by atoms with van der Waals surface area (Å²) in [5.74, 6) is 0. The van der Waals surface area contributed by atoms with Gasteiger partial charge in [-0.2, -0.15) is 0 Å². The minimum Gasteiger partial charge on any atom is -0.384 e. The van der Waals surface area contributed by atoms with Crippen molar-refractivity contribution in [2.45, 2.75) is 12.8 Å². The third kappa shape index (κ3) is 5.87. The molecule has 1 nitrogen and oxygen atoms in total. The van der Waals surface area contributed by atoms with Crippen LogP contribution in [0, 0.1) is 0 Å². The molecule has 1 heteroatoms. The topological polar surface area (TPSA) is 9.23 Å². The van der Waals surface area contributed by atoms with E-state index in [0.29, 0.717) is 0 Å². The minimum absolute atomic E-state index is 0.804. The van der Waals surface area contributed by atoms with Crippen molar-refractivity contribution in [3.05, 3.63) is 54.1 Å². The van der Waals surface area contributed by atoms with E-state index in [2.05, 4.69) is 36.4 Å². The fourth-order valence-corrected chi connectivity index (χ4v) is 1.25. The van der Waals surface area contributed by atoms with Crippen LogP contribution in [0.4, 0.5) is 0 Å². The van der Waals surface area contributed by atoms with Crippen LogP contribution in [-0.2, 0) is 4.74 Å². The van der Waals surface area contributed by atoms with Crippen LogP contribution in [0.15, 0.2) is 48.6 Å². The van der Waals surface area contributed by atoms with Crippen LogP contribution in [0.2, 0.25) is 0 Å². The Balaban J connectivity index is 2.20. The summed E-state index contributed by atoms with van der Waals surface area (Å²) in [5, 5.41) is 0. The second-order valence-electron chi connectivity index (χ2n) is 3.30. The second-order valence-corrected chi connectivity index (χ2v) is 3.30. The maximum Gasteiger partial charge on any atom is 0.0496 e. The Morgan fingerprint density at radius 1 is 1.07 bits per heavy atom. The van der Waals surface area contributed by atoms with Gasteiger partial charge in [0.15, 0.2) is 0 Å². The molecular formula is C14H18O. The highest BCUT2D eigenvalue weighted by Gasteiger charge is 1.81. The van der Waals surface area contributed by atoms with Gasteiger partial charge in [-0.05, 0) is 18.4 Å². The number of benzene rings is 1. The molecule has 0 bridgehead atoms. The van der Waals surface area contributed by atoms with Gasteiger partial charge < -0.3 is 4.74 Å². The number of hydrogen-bond acceptors (Lipinski definition) is 1. The summed E-state index contributed by atoms with van der Waals surface area (Å²) < 4.78 is 4.95. The summed E-state index contributed by atoms with van der Waals surface area (Å²) in [5.41, 5.74) is 1.25. The molecule has 0 aromatic heterocycles. The largest absolute Gasteiger partial charge is 0.384 e. The molecule has 0 heterocycles. The third-order valence-electron chi connectivity index (χ3n) is 2.04. The van der Waals surface area contributed by atoms with Crippen molar-refractivity contribution >= 4 is 6.08 Å². The van der Waals surface area contributed by atoms with E-state index in [4.69, 9.17) is 4.74 Å². The summed E-state index contributed by atoms with van der Waals surface area (Å²) in [6, 6.07) is 10.3. The van der Waals surface area contributed by atoms with Crippen LogP contribution < -0.4 is 0 Å². The van der Waals surface area contributed by atoms with Crippen molar-refractivity contribution in [1.82, 2.24) is 0 Å². The Morgan fingerprint density at radius 3 is 2.60 bits per heavy atom. The van der Waals surface area contributed by atoms with E-state index >= 15 is 0 Å². The lowest BCUT2D eigenvalue weighted by atomic mass is 10.2. The van der Waals surface area contributed by atoms with E-state index < -0.39 is 0 Å². The van der Waals surface area contributed by atoms with Crippen LogP contribution in [0.1, 0.15) is 18.4 Å². The zero-order valence-corrected chi connectivity index (χ0v) is 9.23. The zero-order valence-electron chi connectivity index (χ0n) is 9.23. The van der Waals surface area contributed by atoms with E-state index in [-0.39, 0.29) is 0 Å². The van der Waals surface area contributed by atoms with Gasteiger partial charge in [0.2, 0.25) is 0 Å². The highest BCUT2D eigenvalue weighted by Crippen LogP contribution is 2.02. The van der Waals surface area contributed by atoms with Crippen molar-refractivity contribution in [1.29, 1.82) is 0 Å². The second kappa shape index (κ2) is 8.01. The van der Waals surface area contributed by atoms with Crippen molar-refractivity contribution in [2.24, 2.45) is 0 Å². The molecule has 0 radical (unpaired) electrons. The molecule has 0 aliphatic rings. The SMILES string of the molecule is COCC/C=C\C/C=C/c1ccccc1. The predicted octanol–water partition coefficient (Wildman–Crippen LogP) is 3.68. The Labute approximate surface area is 92.1 Å². The fraction of sp³-hybridized carbons (Fsp3) is 0.286. The lowest BCUT2D eigenvalue weighted by molar-refractivity contribution is 0.204. The van der Waals surface area contributed by atoms with Crippen molar-refractivity contribution in [3.63, 3.8) is 0 Å². The average molecular weight is 202 g/mol. The number of rotatable bonds is 6. The van der Waals surface area contributed by atoms with Gasteiger partial charge in [0.1, 0.15) is 0 Å². The van der Waals surface area contributed by atoms with Gasteiger partial charge in [-0.1, -0.05) is 54.6 Å². The molecule has 0 spiro atoms. The molecule has 0 amide bonds. The molecule has 0 N–H and O–H groups in total. The van der Waals surface area contributed by atoms with Crippen LogP contribution >= 0.6 is 0 Å². The van der Waals surface area contributed by atoms with Crippen molar-refractivity contribution in [3.8, 4) is 0 Å². The average Bonchev–Trinajstić information content (AvgIpc) is 2.29. The maximum atomic E-state index is 4.95. The molecular weight excluding hydrogens is 184 g/mol. The molecule has 0 aliphatic carbocycles. The molecule has 1 rings (SSSR count). The summed E-state index contributed by atoms with van der Waals surface area (Å²) in [6.07, 6.45) is 10.6. The molecule has 1 aromatic carbocycles. The highest BCUT2D eigenvalue weighted by molar-refractivity contribution is 5.48. The maximum absolute atomic E-state index is 4.95. The van der Waals surface area contributed by atoms with Gasteiger partial charge in [-0.3, -0.25) is 0 Å². The number of hydrogen-bond donors (Lipinski definition) is 0. The van der Waals surface area contributed by atoms with Gasteiger partial charge >= 0.3 is 0 Å². The first-order valence-electron chi connectivity index (χ1n) is 5.29. The molecule has 0 unspecified atom stereocenters. The van der Waals surface area contributed by atoms with Gasteiger partial charge in [0.05, 0.1) is 0 Å². The molecule has 0 saturated heterocycles. The van der Waals surface area contributed by atoms with Crippen LogP contribution in [0.3, 0.4) is 0 Å². The van der Waals surface area contributed by atoms with E-state index in [9.17, 15) is 0 Å². The van der Waals surface area contributed by atoms with Gasteiger partial charge in [-0.25, -0.2) is 0 Å². The number of ether oxygens (including phenoxy) is 1. The Morgan fingerprint density at radius 2 is 1.87 bits per heavy atom. The molecule has 1 aromatic rings. The highest BCUT2D eigenvalue weighted by atomic mass is 16.5. The first-order chi connectivity index (χ1) is 7.43. The molecule has 0 atom stereocenters. The Kier molecular flexibility index (Phi) is 6.26. The van der Waals surface area contributed by atoms with Crippen LogP contribution in [-0.4, -0.2) is 13.7 Å². The number of allylic oxidation sites excluding steroid dienone is 2. The summed E-state index contributed by atoms with van der Waals surface area (Å²) in [7, 11) is 1.73. The normalized spacial score (nSPS) is 11.5. The summed E-state index contributed by atoms with van der Waals surface area (Å²) in [6.45, 7) is 0.804. The zero-order chi connectivity index (χ0) is 10.8. The molecule has 15 heavy (non-hydrogen) atoms. The van der Waals surface area contributed by atoms with E-state index in [1.54, 1.807) is 7.11 Å². The first-order valence-corrected chi connectivity index (χ1v) is 5.29. The minimum atomic E-state index is 0.804. The standard InChI is InChI=1S/C14H18O/c1-15-13-9-4-2-3-6-10-14-11-7-5-8-12-14/h2,4-8,10-12H,3,9,13H2,1H3/b4-2-,10-6+. The lowest BCUT2D eigenvalue weighted by Gasteiger charge is -1.91. The smallest absolute Gasteiger partial charge is 0.0496 e. The summed E-state index contributed by atoms with van der Waals surface area (Å²) in [4.78, 5) is 0. The van der Waals surface area contributed by atoms with E-state index in [0.717, 1.165) is 19.4 Å². The van der Waals surface area contributed by atoms with Crippen molar-refractivity contribution in [2.75, 3.05) is 13.7 Å². The summed E-state index contributed by atoms with van der Waals surface area (Å²) >= 11 is 0. The van der Waals surface area contributed by atoms with Gasteiger partial charge in [0.25, 0.3) is 0 Å². The van der Waals surface area contributed by atoms with Gasteiger partial charge in [0, 0.05) is 13.7 Å². The fourth-order valence-electron chi connectivity index (χ4n) is 1.25. The van der Waals surface area contributed by atoms with E-state index in [1.165, 1.54) is 5.56 Å².